The molecular formula is C22H17N. The van der Waals surface area contributed by atoms with Crippen molar-refractivity contribution < 1.29 is 0 Å². The minimum Gasteiger partial charge on any atom is -0.265 e. The lowest BCUT2D eigenvalue weighted by Crippen LogP contribution is -1.82. The zero-order valence-electron chi connectivity index (χ0n) is 13.0. The van der Waals surface area contributed by atoms with Gasteiger partial charge in [0.25, 0.3) is 0 Å². The van der Waals surface area contributed by atoms with Crippen molar-refractivity contribution in [3.8, 4) is 0 Å². The van der Waals surface area contributed by atoms with E-state index in [9.17, 15) is 0 Å². The largest absolute Gasteiger partial charge is 0.265 e. The van der Waals surface area contributed by atoms with E-state index in [1.165, 1.54) is 37.9 Å². The molecule has 0 fully saturated rings. The molecule has 0 spiro atoms. The topological polar surface area (TPSA) is 12.9 Å². The van der Waals surface area contributed by atoms with Gasteiger partial charge in [-0.3, -0.25) is 4.98 Å². The van der Waals surface area contributed by atoms with Crippen LogP contribution in [0.3, 0.4) is 0 Å². The van der Waals surface area contributed by atoms with Crippen LogP contribution in [-0.2, 0) is 0 Å². The first-order valence-electron chi connectivity index (χ1n) is 7.82. The molecule has 110 valence electrons. The van der Waals surface area contributed by atoms with Crippen molar-refractivity contribution in [3.63, 3.8) is 0 Å². The van der Waals surface area contributed by atoms with Gasteiger partial charge in [-0.1, -0.05) is 60.7 Å². The Labute approximate surface area is 135 Å². The average molecular weight is 295 g/mol. The van der Waals surface area contributed by atoms with Crippen LogP contribution in [0, 0.1) is 6.92 Å². The molecule has 0 aliphatic heterocycles. The van der Waals surface area contributed by atoms with Gasteiger partial charge in [-0.05, 0) is 56.9 Å². The zero-order valence-corrected chi connectivity index (χ0v) is 13.0. The number of pyridine rings is 1. The molecule has 1 heterocycles. The SMILES string of the molecule is Cc1ccncc1.c1cc2ccc3cccc4ccc(c1)c2c34. The quantitative estimate of drug-likeness (QED) is 0.320. The predicted molar refractivity (Wildman–Crippen MR) is 99.1 cm³/mol. The molecule has 0 N–H and O–H groups in total. The summed E-state index contributed by atoms with van der Waals surface area (Å²) in [5.41, 5.74) is 1.26. The summed E-state index contributed by atoms with van der Waals surface area (Å²) in [7, 11) is 0. The molecule has 0 radical (unpaired) electrons. The average Bonchev–Trinajstić information content (AvgIpc) is 2.61. The van der Waals surface area contributed by atoms with Crippen LogP contribution in [0.1, 0.15) is 5.56 Å². The van der Waals surface area contributed by atoms with Gasteiger partial charge in [0.05, 0.1) is 0 Å². The maximum atomic E-state index is 3.85. The van der Waals surface area contributed by atoms with E-state index < -0.39 is 0 Å². The molecule has 5 aromatic rings. The van der Waals surface area contributed by atoms with Gasteiger partial charge < -0.3 is 0 Å². The Balaban J connectivity index is 0.000000164. The minimum atomic E-state index is 1.26. The first-order chi connectivity index (χ1) is 11.3. The highest BCUT2D eigenvalue weighted by Crippen LogP contribution is 2.33. The van der Waals surface area contributed by atoms with E-state index in [4.69, 9.17) is 0 Å². The molecule has 0 saturated heterocycles. The molecule has 0 aliphatic rings. The van der Waals surface area contributed by atoms with Crippen molar-refractivity contribution in [3.05, 3.63) is 90.8 Å². The first-order valence-corrected chi connectivity index (χ1v) is 7.82. The fourth-order valence-electron chi connectivity index (χ4n) is 3.10. The second kappa shape index (κ2) is 5.69. The van der Waals surface area contributed by atoms with Crippen LogP contribution in [0.2, 0.25) is 0 Å². The summed E-state index contributed by atoms with van der Waals surface area (Å²) in [5, 5.41) is 8.14. The summed E-state index contributed by atoms with van der Waals surface area (Å²) in [6, 6.07) is 25.8. The van der Waals surface area contributed by atoms with E-state index in [0.717, 1.165) is 0 Å². The molecule has 0 bridgehead atoms. The third-order valence-electron chi connectivity index (χ3n) is 4.24. The fourth-order valence-corrected chi connectivity index (χ4v) is 3.10. The third kappa shape index (κ3) is 2.51. The van der Waals surface area contributed by atoms with Gasteiger partial charge in [-0.2, -0.15) is 0 Å². The standard InChI is InChI=1S/C16H10.C6H7N/c1-3-11-7-9-13-5-2-6-14-10-8-12(4-1)15(11)16(13)14;1-6-2-4-7-5-3-6/h1-10H;2-5H,1H3. The summed E-state index contributed by atoms with van der Waals surface area (Å²) in [4.78, 5) is 3.85. The van der Waals surface area contributed by atoms with Gasteiger partial charge in [0.15, 0.2) is 0 Å². The Kier molecular flexibility index (Phi) is 3.39. The lowest BCUT2D eigenvalue weighted by atomic mass is 9.95. The Bertz CT molecular complexity index is 935. The van der Waals surface area contributed by atoms with Crippen LogP contribution in [0.15, 0.2) is 85.2 Å². The Morgan fingerprint density at radius 3 is 1.22 bits per heavy atom. The molecule has 0 aliphatic carbocycles. The fraction of sp³-hybridized carbons (Fsp3) is 0.0455. The Morgan fingerprint density at radius 1 is 0.522 bits per heavy atom. The maximum absolute atomic E-state index is 3.85. The van der Waals surface area contributed by atoms with Crippen molar-refractivity contribution in [1.29, 1.82) is 0 Å². The third-order valence-corrected chi connectivity index (χ3v) is 4.24. The monoisotopic (exact) mass is 295 g/mol. The van der Waals surface area contributed by atoms with Crippen molar-refractivity contribution >= 4 is 32.3 Å². The lowest BCUT2D eigenvalue weighted by molar-refractivity contribution is 1.29. The molecule has 4 aromatic carbocycles. The summed E-state index contributed by atoms with van der Waals surface area (Å²) in [6.45, 7) is 2.04. The van der Waals surface area contributed by atoms with Gasteiger partial charge in [0.1, 0.15) is 0 Å². The molecule has 0 amide bonds. The van der Waals surface area contributed by atoms with Crippen LogP contribution < -0.4 is 0 Å². The van der Waals surface area contributed by atoms with Gasteiger partial charge in [-0.25, -0.2) is 0 Å². The van der Waals surface area contributed by atoms with Gasteiger partial charge in [0, 0.05) is 12.4 Å². The Morgan fingerprint density at radius 2 is 0.913 bits per heavy atom. The summed E-state index contributed by atoms with van der Waals surface area (Å²) in [5.74, 6) is 0. The van der Waals surface area contributed by atoms with Gasteiger partial charge in [0.2, 0.25) is 0 Å². The molecular weight excluding hydrogens is 278 g/mol. The molecule has 1 nitrogen and oxygen atoms in total. The second-order valence-electron chi connectivity index (χ2n) is 5.81. The summed E-state index contributed by atoms with van der Waals surface area (Å²) < 4.78 is 0. The lowest BCUT2D eigenvalue weighted by Gasteiger charge is -2.09. The van der Waals surface area contributed by atoms with Crippen LogP contribution in [0.4, 0.5) is 0 Å². The molecule has 23 heavy (non-hydrogen) atoms. The van der Waals surface area contributed by atoms with Crippen LogP contribution in [-0.4, -0.2) is 4.98 Å². The van der Waals surface area contributed by atoms with E-state index in [-0.39, 0.29) is 0 Å². The number of nitrogens with zero attached hydrogens (tertiary/aromatic N) is 1. The van der Waals surface area contributed by atoms with Gasteiger partial charge in [-0.15, -0.1) is 0 Å². The Hall–Kier alpha value is -2.93. The van der Waals surface area contributed by atoms with Crippen LogP contribution in [0.25, 0.3) is 32.3 Å². The molecule has 1 aromatic heterocycles. The summed E-state index contributed by atoms with van der Waals surface area (Å²) in [6.07, 6.45) is 3.57. The number of aryl methyl sites for hydroxylation is 1. The van der Waals surface area contributed by atoms with Gasteiger partial charge >= 0.3 is 0 Å². The molecule has 0 unspecified atom stereocenters. The van der Waals surface area contributed by atoms with E-state index >= 15 is 0 Å². The minimum absolute atomic E-state index is 1.26. The highest BCUT2D eigenvalue weighted by atomic mass is 14.6. The normalized spacial score (nSPS) is 10.8. The van der Waals surface area contributed by atoms with Crippen molar-refractivity contribution in [2.75, 3.05) is 0 Å². The molecule has 0 saturated carbocycles. The zero-order chi connectivity index (χ0) is 15.6. The summed E-state index contributed by atoms with van der Waals surface area (Å²) >= 11 is 0. The van der Waals surface area contributed by atoms with Crippen LogP contribution in [0.5, 0.6) is 0 Å². The number of rotatable bonds is 0. The van der Waals surface area contributed by atoms with Crippen molar-refractivity contribution in [2.24, 2.45) is 0 Å². The smallest absolute Gasteiger partial charge is 0.0270 e. The maximum Gasteiger partial charge on any atom is 0.0270 e. The highest BCUT2D eigenvalue weighted by molar-refractivity contribution is 6.22. The molecule has 0 atom stereocenters. The number of hydrogen-bond donors (Lipinski definition) is 0. The van der Waals surface area contributed by atoms with Crippen molar-refractivity contribution in [2.45, 2.75) is 6.92 Å². The number of benzene rings is 4. The van der Waals surface area contributed by atoms with Crippen LogP contribution >= 0.6 is 0 Å². The van der Waals surface area contributed by atoms with Crippen molar-refractivity contribution in [1.82, 2.24) is 4.98 Å². The molecule has 5 rings (SSSR count). The molecule has 1 heteroatoms. The highest BCUT2D eigenvalue weighted by Gasteiger charge is 2.05. The van der Waals surface area contributed by atoms with E-state index in [2.05, 4.69) is 65.6 Å². The van der Waals surface area contributed by atoms with E-state index in [1.807, 2.05) is 19.1 Å². The second-order valence-corrected chi connectivity index (χ2v) is 5.81. The number of aromatic nitrogens is 1. The van der Waals surface area contributed by atoms with E-state index in [1.54, 1.807) is 12.4 Å². The van der Waals surface area contributed by atoms with E-state index in [0.29, 0.717) is 0 Å². The number of hydrogen-bond acceptors (Lipinski definition) is 1. The predicted octanol–water partition coefficient (Wildman–Crippen LogP) is 5.97. The first kappa shape index (κ1) is 13.7.